The average molecular weight is 371 g/mol. The van der Waals surface area contributed by atoms with Crippen LogP contribution < -0.4 is 5.32 Å². The minimum atomic E-state index is 0.478. The third kappa shape index (κ3) is 3.02. The molecule has 0 saturated carbocycles. The minimum absolute atomic E-state index is 0.478. The average Bonchev–Trinajstić information content (AvgIpc) is 3.32. The fraction of sp³-hybridized carbons (Fsp3) is 0.304. The highest BCUT2D eigenvalue weighted by atomic mass is 15.2. The third-order valence-corrected chi connectivity index (χ3v) is 5.76. The molecule has 1 fully saturated rings. The molecule has 0 radical (unpaired) electrons. The van der Waals surface area contributed by atoms with Crippen molar-refractivity contribution >= 4 is 27.6 Å². The first-order valence-electron chi connectivity index (χ1n) is 10.0. The van der Waals surface area contributed by atoms with Crippen LogP contribution in [0, 0.1) is 0 Å². The summed E-state index contributed by atoms with van der Waals surface area (Å²) >= 11 is 0. The highest BCUT2D eigenvalue weighted by molar-refractivity contribution is 5.97. The lowest BCUT2D eigenvalue weighted by Gasteiger charge is -2.16. The van der Waals surface area contributed by atoms with E-state index in [1.165, 1.54) is 22.9 Å². The lowest BCUT2D eigenvalue weighted by Crippen LogP contribution is -2.23. The summed E-state index contributed by atoms with van der Waals surface area (Å²) in [5.74, 6) is 0. The highest BCUT2D eigenvalue weighted by Gasteiger charge is 2.20. The van der Waals surface area contributed by atoms with Crippen molar-refractivity contribution in [3.8, 4) is 11.1 Å². The van der Waals surface area contributed by atoms with Gasteiger partial charge >= 0.3 is 0 Å². The normalized spacial score (nSPS) is 17.6. The first-order chi connectivity index (χ1) is 13.7. The van der Waals surface area contributed by atoms with E-state index in [4.69, 9.17) is 0 Å². The van der Waals surface area contributed by atoms with Gasteiger partial charge in [-0.2, -0.15) is 0 Å². The maximum Gasteiger partial charge on any atom is 0.0966 e. The Morgan fingerprint density at radius 2 is 2.00 bits per heavy atom. The van der Waals surface area contributed by atoms with Gasteiger partial charge in [0.1, 0.15) is 0 Å². The number of rotatable bonds is 4. The van der Waals surface area contributed by atoms with Crippen molar-refractivity contribution in [3.05, 3.63) is 55.0 Å². The predicted octanol–water partition coefficient (Wildman–Crippen LogP) is 4.39. The van der Waals surface area contributed by atoms with Crippen LogP contribution in [0.15, 0.2) is 55.0 Å². The number of aryl methyl sites for hydroxylation is 1. The summed E-state index contributed by atoms with van der Waals surface area (Å²) in [6.07, 6.45) is 6.87. The molecule has 2 aromatic carbocycles. The molecule has 2 aromatic heterocycles. The monoisotopic (exact) mass is 371 g/mol. The van der Waals surface area contributed by atoms with Crippen LogP contribution in [0.5, 0.6) is 0 Å². The fourth-order valence-electron chi connectivity index (χ4n) is 4.29. The standard InChI is InChI=1S/C23H25N5/c1-3-28-11-6-16-4-5-17(12-22(16)28)20-13-19(26-18-7-10-27(2)15-18)14-21-23(20)25-9-8-24-21/h4-6,8-9,11-14,18,26H,3,7,10,15H2,1-2H3. The summed E-state index contributed by atoms with van der Waals surface area (Å²) in [7, 11) is 2.18. The third-order valence-electron chi connectivity index (χ3n) is 5.76. The second-order valence-electron chi connectivity index (χ2n) is 7.72. The summed E-state index contributed by atoms with van der Waals surface area (Å²) in [5, 5.41) is 4.98. The molecule has 0 aliphatic carbocycles. The molecule has 1 saturated heterocycles. The molecule has 1 atom stereocenters. The predicted molar refractivity (Wildman–Crippen MR) is 116 cm³/mol. The molecule has 0 spiro atoms. The lowest BCUT2D eigenvalue weighted by molar-refractivity contribution is 0.414. The molecule has 3 heterocycles. The Labute approximate surface area is 165 Å². The summed E-state index contributed by atoms with van der Waals surface area (Å²) in [5.41, 5.74) is 6.57. The Hall–Kier alpha value is -2.92. The number of likely N-dealkylation sites (N-methyl/N-ethyl adjacent to an activating group) is 1. The van der Waals surface area contributed by atoms with E-state index in [0.717, 1.165) is 41.9 Å². The number of likely N-dealkylation sites (tertiary alicyclic amines) is 1. The number of aromatic nitrogens is 3. The van der Waals surface area contributed by atoms with Crippen molar-refractivity contribution in [2.24, 2.45) is 0 Å². The van der Waals surface area contributed by atoms with Gasteiger partial charge in [0, 0.05) is 54.5 Å². The van der Waals surface area contributed by atoms with Crippen molar-refractivity contribution < 1.29 is 0 Å². The number of benzene rings is 2. The quantitative estimate of drug-likeness (QED) is 0.578. The first-order valence-corrected chi connectivity index (χ1v) is 10.0. The smallest absolute Gasteiger partial charge is 0.0966 e. The first kappa shape index (κ1) is 17.2. The van der Waals surface area contributed by atoms with Crippen LogP contribution >= 0.6 is 0 Å². The largest absolute Gasteiger partial charge is 0.381 e. The molecule has 0 amide bonds. The Balaban J connectivity index is 1.63. The van der Waals surface area contributed by atoms with Crippen LogP contribution in [0.25, 0.3) is 33.1 Å². The number of fused-ring (bicyclic) bond motifs is 2. The van der Waals surface area contributed by atoms with Crippen molar-refractivity contribution in [1.29, 1.82) is 0 Å². The van der Waals surface area contributed by atoms with Crippen LogP contribution in [0.3, 0.4) is 0 Å². The van der Waals surface area contributed by atoms with Gasteiger partial charge in [0.2, 0.25) is 0 Å². The van der Waals surface area contributed by atoms with Gasteiger partial charge < -0.3 is 14.8 Å². The number of hydrogen-bond acceptors (Lipinski definition) is 4. The van der Waals surface area contributed by atoms with Crippen LogP contribution in [-0.2, 0) is 6.54 Å². The molecule has 5 heteroatoms. The van der Waals surface area contributed by atoms with Crippen LogP contribution in [0.1, 0.15) is 13.3 Å². The lowest BCUT2D eigenvalue weighted by atomic mass is 10.0. The van der Waals surface area contributed by atoms with E-state index in [1.54, 1.807) is 12.4 Å². The zero-order valence-corrected chi connectivity index (χ0v) is 16.4. The summed E-state index contributed by atoms with van der Waals surface area (Å²) in [6, 6.07) is 13.7. The molecule has 5 nitrogen and oxygen atoms in total. The second-order valence-corrected chi connectivity index (χ2v) is 7.72. The SMILES string of the molecule is CCn1ccc2ccc(-c3cc(NC4CCN(C)C4)cc4nccnc34)cc21. The van der Waals surface area contributed by atoms with Crippen LogP contribution in [-0.4, -0.2) is 45.6 Å². The van der Waals surface area contributed by atoms with Gasteiger partial charge in [-0.3, -0.25) is 9.97 Å². The van der Waals surface area contributed by atoms with Crippen molar-refractivity contribution in [2.75, 3.05) is 25.5 Å². The maximum atomic E-state index is 4.65. The van der Waals surface area contributed by atoms with E-state index in [2.05, 4.69) is 81.3 Å². The second kappa shape index (κ2) is 6.91. The van der Waals surface area contributed by atoms with E-state index in [9.17, 15) is 0 Å². The number of hydrogen-bond donors (Lipinski definition) is 1. The van der Waals surface area contributed by atoms with E-state index in [-0.39, 0.29) is 0 Å². The van der Waals surface area contributed by atoms with Gasteiger partial charge in [-0.05, 0) is 62.2 Å². The van der Waals surface area contributed by atoms with E-state index in [1.807, 2.05) is 0 Å². The van der Waals surface area contributed by atoms with Gasteiger partial charge in [0.15, 0.2) is 0 Å². The number of nitrogens with zero attached hydrogens (tertiary/aromatic N) is 4. The van der Waals surface area contributed by atoms with E-state index in [0.29, 0.717) is 6.04 Å². The molecule has 1 aliphatic rings. The topological polar surface area (TPSA) is 46.0 Å². The molecular weight excluding hydrogens is 346 g/mol. The Morgan fingerprint density at radius 1 is 1.11 bits per heavy atom. The number of anilines is 1. The molecular formula is C23H25N5. The molecule has 142 valence electrons. The maximum absolute atomic E-state index is 4.65. The van der Waals surface area contributed by atoms with Crippen molar-refractivity contribution in [2.45, 2.75) is 25.9 Å². The molecule has 1 unspecified atom stereocenters. The molecule has 1 aliphatic heterocycles. The Kier molecular flexibility index (Phi) is 4.24. The van der Waals surface area contributed by atoms with Gasteiger partial charge in [-0.25, -0.2) is 0 Å². The van der Waals surface area contributed by atoms with Crippen molar-refractivity contribution in [3.63, 3.8) is 0 Å². The van der Waals surface area contributed by atoms with E-state index >= 15 is 0 Å². The minimum Gasteiger partial charge on any atom is -0.381 e. The Bertz CT molecular complexity index is 1150. The molecule has 5 rings (SSSR count). The molecule has 1 N–H and O–H groups in total. The fourth-order valence-corrected chi connectivity index (χ4v) is 4.29. The molecule has 28 heavy (non-hydrogen) atoms. The van der Waals surface area contributed by atoms with E-state index < -0.39 is 0 Å². The highest BCUT2D eigenvalue weighted by Crippen LogP contribution is 2.33. The summed E-state index contributed by atoms with van der Waals surface area (Å²) < 4.78 is 2.28. The van der Waals surface area contributed by atoms with Crippen LogP contribution in [0.4, 0.5) is 5.69 Å². The molecule has 4 aromatic rings. The van der Waals surface area contributed by atoms with Gasteiger partial charge in [-0.1, -0.05) is 12.1 Å². The zero-order chi connectivity index (χ0) is 19.1. The molecule has 0 bridgehead atoms. The summed E-state index contributed by atoms with van der Waals surface area (Å²) in [6.45, 7) is 5.35. The van der Waals surface area contributed by atoms with Gasteiger partial charge in [0.05, 0.1) is 11.0 Å². The van der Waals surface area contributed by atoms with Crippen molar-refractivity contribution in [1.82, 2.24) is 19.4 Å². The van der Waals surface area contributed by atoms with Gasteiger partial charge in [0.25, 0.3) is 0 Å². The van der Waals surface area contributed by atoms with Gasteiger partial charge in [-0.15, -0.1) is 0 Å². The summed E-state index contributed by atoms with van der Waals surface area (Å²) in [4.78, 5) is 11.6. The zero-order valence-electron chi connectivity index (χ0n) is 16.4. The van der Waals surface area contributed by atoms with Crippen LogP contribution in [0.2, 0.25) is 0 Å². The number of nitrogens with one attached hydrogen (secondary N) is 1. The Morgan fingerprint density at radius 3 is 2.82 bits per heavy atom.